The Kier molecular flexibility index (Phi) is 5.43. The molecule has 1 aromatic rings. The van der Waals surface area contributed by atoms with Crippen molar-refractivity contribution in [1.29, 1.82) is 0 Å². The largest absolute Gasteiger partial charge is 0.497 e. The average molecular weight is 341 g/mol. The number of benzene rings is 1. The third-order valence-corrected chi connectivity index (χ3v) is 4.43. The van der Waals surface area contributed by atoms with Crippen LogP contribution in [0.5, 0.6) is 5.75 Å². The molecule has 0 radical (unpaired) electrons. The number of halogens is 1. The molecule has 0 unspecified atom stereocenters. The lowest BCUT2D eigenvalue weighted by Crippen LogP contribution is -2.37. The number of rotatable bonds is 4. The summed E-state index contributed by atoms with van der Waals surface area (Å²) in [5.74, 6) is 1.33. The van der Waals surface area contributed by atoms with E-state index in [9.17, 15) is 4.79 Å². The zero-order valence-electron chi connectivity index (χ0n) is 12.0. The summed E-state index contributed by atoms with van der Waals surface area (Å²) in [6.45, 7) is 2.91. The van der Waals surface area contributed by atoms with Crippen molar-refractivity contribution in [2.45, 2.75) is 12.8 Å². The Morgan fingerprint density at radius 2 is 2.15 bits per heavy atom. The van der Waals surface area contributed by atoms with E-state index in [-0.39, 0.29) is 5.91 Å². The van der Waals surface area contributed by atoms with E-state index in [1.807, 2.05) is 24.1 Å². The van der Waals surface area contributed by atoms with Gasteiger partial charge in [-0.05, 0) is 66.0 Å². The van der Waals surface area contributed by atoms with E-state index in [4.69, 9.17) is 4.74 Å². The van der Waals surface area contributed by atoms with Crippen molar-refractivity contribution in [3.63, 3.8) is 0 Å². The van der Waals surface area contributed by atoms with E-state index in [0.29, 0.717) is 17.2 Å². The third-order valence-electron chi connectivity index (χ3n) is 3.74. The molecule has 1 amide bonds. The number of hydrogen-bond acceptors (Lipinski definition) is 3. The Balaban J connectivity index is 2.05. The van der Waals surface area contributed by atoms with Crippen LogP contribution in [0.15, 0.2) is 22.7 Å². The highest BCUT2D eigenvalue weighted by Gasteiger charge is 2.20. The molecule has 1 N–H and O–H groups in total. The molecule has 0 bridgehead atoms. The van der Waals surface area contributed by atoms with Gasteiger partial charge in [0.1, 0.15) is 5.75 Å². The van der Waals surface area contributed by atoms with E-state index in [2.05, 4.69) is 21.2 Å². The first-order valence-electron chi connectivity index (χ1n) is 6.91. The minimum absolute atomic E-state index is 0.0364. The van der Waals surface area contributed by atoms with Gasteiger partial charge in [0.05, 0.1) is 12.7 Å². The fourth-order valence-corrected chi connectivity index (χ4v) is 2.95. The summed E-state index contributed by atoms with van der Waals surface area (Å²) in [4.78, 5) is 14.3. The first-order valence-corrected chi connectivity index (χ1v) is 7.71. The van der Waals surface area contributed by atoms with Gasteiger partial charge < -0.3 is 15.0 Å². The summed E-state index contributed by atoms with van der Waals surface area (Å²) in [7, 11) is 3.48. The number of methoxy groups -OCH3 is 1. The van der Waals surface area contributed by atoms with Gasteiger partial charge in [0.15, 0.2) is 0 Å². The maximum atomic E-state index is 12.5. The second-order valence-corrected chi connectivity index (χ2v) is 6.08. The molecule has 0 atom stereocenters. The van der Waals surface area contributed by atoms with E-state index in [0.717, 1.165) is 36.9 Å². The van der Waals surface area contributed by atoms with Crippen LogP contribution >= 0.6 is 15.9 Å². The number of carbonyl (C=O) groups is 1. The molecule has 0 spiro atoms. The maximum Gasteiger partial charge on any atom is 0.254 e. The topological polar surface area (TPSA) is 41.6 Å². The number of amides is 1. The van der Waals surface area contributed by atoms with Crippen molar-refractivity contribution >= 4 is 21.8 Å². The highest BCUT2D eigenvalue weighted by atomic mass is 79.9. The van der Waals surface area contributed by atoms with Crippen LogP contribution in [0.1, 0.15) is 23.2 Å². The molecule has 0 saturated carbocycles. The number of piperidine rings is 1. The van der Waals surface area contributed by atoms with Crippen molar-refractivity contribution in [1.82, 2.24) is 10.2 Å². The molecule has 1 fully saturated rings. The molecule has 1 heterocycles. The molecule has 2 rings (SSSR count). The van der Waals surface area contributed by atoms with Crippen LogP contribution < -0.4 is 10.1 Å². The van der Waals surface area contributed by atoms with Crippen LogP contribution in [0.4, 0.5) is 0 Å². The van der Waals surface area contributed by atoms with Gasteiger partial charge in [0.2, 0.25) is 0 Å². The second-order valence-electron chi connectivity index (χ2n) is 5.22. The molecular formula is C15H21BrN2O2. The molecule has 1 aliphatic rings. The minimum Gasteiger partial charge on any atom is -0.497 e. The summed E-state index contributed by atoms with van der Waals surface area (Å²) in [5, 5.41) is 3.35. The quantitative estimate of drug-likeness (QED) is 0.915. The van der Waals surface area contributed by atoms with Gasteiger partial charge in [0, 0.05) is 18.1 Å². The number of ether oxygens (including phenoxy) is 1. The minimum atomic E-state index is 0.0364. The zero-order valence-corrected chi connectivity index (χ0v) is 13.6. The lowest BCUT2D eigenvalue weighted by Gasteiger charge is -2.27. The first kappa shape index (κ1) is 15.3. The van der Waals surface area contributed by atoms with Gasteiger partial charge in [0.25, 0.3) is 5.91 Å². The van der Waals surface area contributed by atoms with E-state index < -0.39 is 0 Å². The fraction of sp³-hybridized carbons (Fsp3) is 0.533. The third kappa shape index (κ3) is 3.73. The number of carbonyl (C=O) groups excluding carboxylic acids is 1. The number of nitrogens with zero attached hydrogens (tertiary/aromatic N) is 1. The lowest BCUT2D eigenvalue weighted by atomic mass is 9.97. The van der Waals surface area contributed by atoms with Gasteiger partial charge in [-0.25, -0.2) is 0 Å². The molecule has 5 heteroatoms. The Labute approximate surface area is 128 Å². The molecule has 20 heavy (non-hydrogen) atoms. The Hall–Kier alpha value is -1.07. The molecule has 0 aromatic heterocycles. The number of nitrogens with one attached hydrogen (secondary N) is 1. The monoisotopic (exact) mass is 340 g/mol. The van der Waals surface area contributed by atoms with Crippen LogP contribution in [0.3, 0.4) is 0 Å². The van der Waals surface area contributed by atoms with Gasteiger partial charge in [-0.2, -0.15) is 0 Å². The van der Waals surface area contributed by atoms with Gasteiger partial charge in [-0.3, -0.25) is 4.79 Å². The van der Waals surface area contributed by atoms with Crippen molar-refractivity contribution in [2.75, 3.05) is 33.8 Å². The molecule has 110 valence electrons. The van der Waals surface area contributed by atoms with Crippen molar-refractivity contribution in [2.24, 2.45) is 5.92 Å². The highest BCUT2D eigenvalue weighted by molar-refractivity contribution is 9.10. The standard InChI is InChI=1S/C15H21BrN2O2/c1-18(10-11-5-7-17-8-6-11)15(19)13-9-12(20-2)3-4-14(13)16/h3-4,9,11,17H,5-8,10H2,1-2H3. The Morgan fingerprint density at radius 1 is 1.45 bits per heavy atom. The van der Waals surface area contributed by atoms with Crippen molar-refractivity contribution in [3.05, 3.63) is 28.2 Å². The Morgan fingerprint density at radius 3 is 2.80 bits per heavy atom. The summed E-state index contributed by atoms with van der Waals surface area (Å²) in [6.07, 6.45) is 2.27. The van der Waals surface area contributed by atoms with E-state index in [1.54, 1.807) is 13.2 Å². The highest BCUT2D eigenvalue weighted by Crippen LogP contribution is 2.24. The second kappa shape index (κ2) is 7.09. The van der Waals surface area contributed by atoms with Crippen LogP contribution in [0.2, 0.25) is 0 Å². The van der Waals surface area contributed by atoms with Crippen molar-refractivity contribution < 1.29 is 9.53 Å². The van der Waals surface area contributed by atoms with E-state index in [1.165, 1.54) is 0 Å². The molecular weight excluding hydrogens is 320 g/mol. The van der Waals surface area contributed by atoms with Crippen LogP contribution in [0.25, 0.3) is 0 Å². The van der Waals surface area contributed by atoms with Crippen molar-refractivity contribution in [3.8, 4) is 5.75 Å². The number of hydrogen-bond donors (Lipinski definition) is 1. The zero-order chi connectivity index (χ0) is 14.5. The van der Waals surface area contributed by atoms with Gasteiger partial charge in [-0.15, -0.1) is 0 Å². The normalized spacial score (nSPS) is 15.9. The summed E-state index contributed by atoms with van der Waals surface area (Å²) >= 11 is 3.44. The maximum absolute atomic E-state index is 12.5. The predicted molar refractivity (Wildman–Crippen MR) is 83.2 cm³/mol. The van der Waals surface area contributed by atoms with Crippen LogP contribution in [-0.4, -0.2) is 44.6 Å². The molecule has 1 aromatic carbocycles. The van der Waals surface area contributed by atoms with Crippen LogP contribution in [-0.2, 0) is 0 Å². The smallest absolute Gasteiger partial charge is 0.254 e. The average Bonchev–Trinajstić information content (AvgIpc) is 2.48. The van der Waals surface area contributed by atoms with Gasteiger partial charge in [-0.1, -0.05) is 0 Å². The molecule has 1 saturated heterocycles. The van der Waals surface area contributed by atoms with E-state index >= 15 is 0 Å². The Bertz CT molecular complexity index is 473. The molecule has 4 nitrogen and oxygen atoms in total. The SMILES string of the molecule is COc1ccc(Br)c(C(=O)N(C)CC2CCNCC2)c1. The molecule has 1 aliphatic heterocycles. The summed E-state index contributed by atoms with van der Waals surface area (Å²) in [5.41, 5.74) is 0.654. The van der Waals surface area contributed by atoms with Gasteiger partial charge >= 0.3 is 0 Å². The fourth-order valence-electron chi connectivity index (χ4n) is 2.54. The van der Waals surface area contributed by atoms with Crippen LogP contribution in [0, 0.1) is 5.92 Å². The predicted octanol–water partition coefficient (Wildman–Crippen LogP) is 2.53. The first-order chi connectivity index (χ1) is 9.61. The summed E-state index contributed by atoms with van der Waals surface area (Å²) < 4.78 is 6.00. The summed E-state index contributed by atoms with van der Waals surface area (Å²) in [6, 6.07) is 5.48. The molecule has 0 aliphatic carbocycles. The lowest BCUT2D eigenvalue weighted by molar-refractivity contribution is 0.0761.